The molecule has 0 spiro atoms. The maximum atomic E-state index is 14.2. The number of hydrogen-bond donors (Lipinski definition) is 3. The average Bonchev–Trinajstić information content (AvgIpc) is 3.19. The van der Waals surface area contributed by atoms with Crippen molar-refractivity contribution in [3.05, 3.63) is 76.3 Å². The Morgan fingerprint density at radius 2 is 2.00 bits per heavy atom. The van der Waals surface area contributed by atoms with Crippen molar-refractivity contribution in [1.82, 2.24) is 15.1 Å². The highest BCUT2D eigenvalue weighted by atomic mass is 35.5. The fourth-order valence-electron chi connectivity index (χ4n) is 3.08. The van der Waals surface area contributed by atoms with Crippen LogP contribution < -0.4 is 10.6 Å². The van der Waals surface area contributed by atoms with Crippen LogP contribution >= 0.6 is 11.6 Å². The Balaban J connectivity index is 1.69. The molecule has 2 amide bonds. The molecule has 2 aromatic carbocycles. The maximum Gasteiger partial charge on any atom is 0.319 e. The number of amides is 2. The molecule has 3 aromatic rings. The van der Waals surface area contributed by atoms with Gasteiger partial charge in [0.1, 0.15) is 5.82 Å². The van der Waals surface area contributed by atoms with Crippen molar-refractivity contribution >= 4 is 23.3 Å². The molecule has 0 aliphatic carbocycles. The number of halogens is 2. The number of nitrogens with one attached hydrogen (secondary N) is 2. The summed E-state index contributed by atoms with van der Waals surface area (Å²) in [5.41, 5.74) is 2.92. The van der Waals surface area contributed by atoms with Crippen molar-refractivity contribution in [2.75, 3.05) is 18.5 Å². The SMILES string of the molecule is CC(C)(C)c1cc(CNC(=O)Nc2ccc(COCCO)c(F)c2)n(-c2cccc(Cl)c2)n1. The third-order valence-corrected chi connectivity index (χ3v) is 5.07. The predicted octanol–water partition coefficient (Wildman–Crippen LogP) is 4.79. The van der Waals surface area contributed by atoms with Crippen molar-refractivity contribution < 1.29 is 19.0 Å². The lowest BCUT2D eigenvalue weighted by Crippen LogP contribution is -2.29. The van der Waals surface area contributed by atoms with E-state index in [-0.39, 0.29) is 31.8 Å². The number of nitrogens with zero attached hydrogens (tertiary/aromatic N) is 2. The number of hydrogen-bond acceptors (Lipinski definition) is 4. The van der Waals surface area contributed by atoms with Crippen LogP contribution in [0.3, 0.4) is 0 Å². The second-order valence-corrected chi connectivity index (χ2v) is 8.99. The number of rotatable bonds is 8. The molecule has 9 heteroatoms. The first kappa shape index (κ1) is 24.7. The van der Waals surface area contributed by atoms with Crippen LogP contribution in [-0.4, -0.2) is 34.1 Å². The fourth-order valence-corrected chi connectivity index (χ4v) is 3.26. The van der Waals surface area contributed by atoms with E-state index in [2.05, 4.69) is 31.4 Å². The first-order valence-corrected chi connectivity index (χ1v) is 10.9. The first-order chi connectivity index (χ1) is 15.7. The summed E-state index contributed by atoms with van der Waals surface area (Å²) in [4.78, 5) is 12.5. The molecule has 1 aromatic heterocycles. The molecule has 0 unspecified atom stereocenters. The molecule has 0 saturated carbocycles. The summed E-state index contributed by atoms with van der Waals surface area (Å²) in [6.07, 6.45) is 0. The fraction of sp³-hybridized carbons (Fsp3) is 0.333. The van der Waals surface area contributed by atoms with E-state index in [0.717, 1.165) is 17.1 Å². The van der Waals surface area contributed by atoms with Gasteiger partial charge in [0.15, 0.2) is 0 Å². The number of aliphatic hydroxyl groups is 1. The minimum atomic E-state index is -0.500. The summed E-state index contributed by atoms with van der Waals surface area (Å²) >= 11 is 6.15. The predicted molar refractivity (Wildman–Crippen MR) is 126 cm³/mol. The number of carbonyl (C=O) groups is 1. The highest BCUT2D eigenvalue weighted by molar-refractivity contribution is 6.30. The number of carbonyl (C=O) groups excluding carboxylic acids is 1. The summed E-state index contributed by atoms with van der Waals surface area (Å²) in [6.45, 7) is 6.44. The zero-order valence-corrected chi connectivity index (χ0v) is 19.6. The molecule has 0 radical (unpaired) electrons. The molecule has 33 heavy (non-hydrogen) atoms. The van der Waals surface area contributed by atoms with Gasteiger partial charge in [-0.15, -0.1) is 0 Å². The van der Waals surface area contributed by atoms with Crippen LogP contribution in [0.5, 0.6) is 0 Å². The van der Waals surface area contributed by atoms with Crippen LogP contribution in [0.4, 0.5) is 14.9 Å². The number of aromatic nitrogens is 2. The van der Waals surface area contributed by atoms with Crippen LogP contribution in [0, 0.1) is 5.82 Å². The van der Waals surface area contributed by atoms with Crippen molar-refractivity contribution in [3.63, 3.8) is 0 Å². The molecule has 0 aliphatic heterocycles. The van der Waals surface area contributed by atoms with Crippen molar-refractivity contribution in [3.8, 4) is 5.69 Å². The molecular formula is C24H28ClFN4O3. The molecule has 176 valence electrons. The van der Waals surface area contributed by atoms with Gasteiger partial charge in [-0.1, -0.05) is 44.5 Å². The van der Waals surface area contributed by atoms with E-state index in [0.29, 0.717) is 16.3 Å². The molecule has 0 fully saturated rings. The zero-order chi connectivity index (χ0) is 24.0. The summed E-state index contributed by atoms with van der Waals surface area (Å²) in [5, 5.41) is 19.5. The average molecular weight is 475 g/mol. The van der Waals surface area contributed by atoms with Crippen LogP contribution in [0.15, 0.2) is 48.5 Å². The third-order valence-electron chi connectivity index (χ3n) is 4.84. The second kappa shape index (κ2) is 10.8. The Morgan fingerprint density at radius 3 is 2.67 bits per heavy atom. The smallest absolute Gasteiger partial charge is 0.319 e. The van der Waals surface area contributed by atoms with E-state index >= 15 is 0 Å². The Hall–Kier alpha value is -2.94. The summed E-state index contributed by atoms with van der Waals surface area (Å²) in [6, 6.07) is 13.1. The molecule has 0 bridgehead atoms. The normalized spacial score (nSPS) is 11.5. The number of anilines is 1. The van der Waals surface area contributed by atoms with Crippen LogP contribution in [0.25, 0.3) is 5.69 Å². The van der Waals surface area contributed by atoms with E-state index in [9.17, 15) is 9.18 Å². The van der Waals surface area contributed by atoms with Gasteiger partial charge in [0.2, 0.25) is 0 Å². The summed E-state index contributed by atoms with van der Waals surface area (Å²) in [5.74, 6) is -0.500. The van der Waals surface area contributed by atoms with Crippen molar-refractivity contribution in [2.24, 2.45) is 0 Å². The first-order valence-electron chi connectivity index (χ1n) is 10.5. The molecule has 3 N–H and O–H groups in total. The Labute approximate surface area is 197 Å². The van der Waals surface area contributed by atoms with E-state index < -0.39 is 11.8 Å². The van der Waals surface area contributed by atoms with Gasteiger partial charge in [0.25, 0.3) is 0 Å². The number of ether oxygens (including phenoxy) is 1. The lowest BCUT2D eigenvalue weighted by Gasteiger charge is -2.14. The van der Waals surface area contributed by atoms with E-state index in [4.69, 9.17) is 26.5 Å². The van der Waals surface area contributed by atoms with Gasteiger partial charge in [-0.3, -0.25) is 0 Å². The van der Waals surface area contributed by atoms with Gasteiger partial charge in [-0.2, -0.15) is 5.10 Å². The number of aliphatic hydroxyl groups excluding tert-OH is 1. The largest absolute Gasteiger partial charge is 0.394 e. The van der Waals surface area contributed by atoms with Crippen molar-refractivity contribution in [1.29, 1.82) is 0 Å². The third kappa shape index (κ3) is 6.77. The lowest BCUT2D eigenvalue weighted by atomic mass is 9.92. The van der Waals surface area contributed by atoms with E-state index in [1.807, 2.05) is 18.2 Å². The zero-order valence-electron chi connectivity index (χ0n) is 18.9. The van der Waals surface area contributed by atoms with E-state index in [1.54, 1.807) is 22.9 Å². The Bertz CT molecular complexity index is 1110. The van der Waals surface area contributed by atoms with Crippen LogP contribution in [0.2, 0.25) is 5.02 Å². The minimum Gasteiger partial charge on any atom is -0.394 e. The molecule has 3 rings (SSSR count). The molecule has 0 saturated heterocycles. The topological polar surface area (TPSA) is 88.4 Å². The standard InChI is InChI=1S/C24H28ClFN4O3/c1-24(2,3)22-13-20(30(29-22)19-6-4-5-17(25)11-19)14-27-23(32)28-18-8-7-16(21(26)12-18)15-33-10-9-31/h4-8,11-13,31H,9-10,14-15H2,1-3H3,(H2,27,28,32). The van der Waals surface area contributed by atoms with Crippen molar-refractivity contribution in [2.45, 2.75) is 39.3 Å². The molecule has 1 heterocycles. The number of benzene rings is 2. The molecular weight excluding hydrogens is 447 g/mol. The summed E-state index contributed by atoms with van der Waals surface area (Å²) in [7, 11) is 0. The van der Waals surface area contributed by atoms with Gasteiger partial charge in [0, 0.05) is 21.7 Å². The van der Waals surface area contributed by atoms with Gasteiger partial charge >= 0.3 is 6.03 Å². The second-order valence-electron chi connectivity index (χ2n) is 8.55. The Kier molecular flexibility index (Phi) is 8.07. The summed E-state index contributed by atoms with van der Waals surface area (Å²) < 4.78 is 21.1. The quantitative estimate of drug-likeness (QED) is 0.409. The molecule has 0 aliphatic rings. The van der Waals surface area contributed by atoms with E-state index in [1.165, 1.54) is 12.1 Å². The van der Waals surface area contributed by atoms with Gasteiger partial charge in [-0.25, -0.2) is 13.9 Å². The highest BCUT2D eigenvalue weighted by Crippen LogP contribution is 2.25. The van der Waals surface area contributed by atoms with Gasteiger partial charge < -0.3 is 20.5 Å². The lowest BCUT2D eigenvalue weighted by molar-refractivity contribution is 0.0799. The molecule has 0 atom stereocenters. The maximum absolute atomic E-state index is 14.2. The highest BCUT2D eigenvalue weighted by Gasteiger charge is 2.21. The minimum absolute atomic E-state index is 0.0441. The molecule has 7 nitrogen and oxygen atoms in total. The van der Waals surface area contributed by atoms with Gasteiger partial charge in [0.05, 0.1) is 43.4 Å². The monoisotopic (exact) mass is 474 g/mol. The van der Waals surface area contributed by atoms with Gasteiger partial charge in [-0.05, 0) is 36.4 Å². The van der Waals surface area contributed by atoms with Crippen LogP contribution in [0.1, 0.15) is 37.7 Å². The van der Waals surface area contributed by atoms with Crippen LogP contribution in [-0.2, 0) is 23.3 Å². The number of urea groups is 1. The Morgan fingerprint density at radius 1 is 1.21 bits per heavy atom.